The lowest BCUT2D eigenvalue weighted by molar-refractivity contribution is 1.17. The van der Waals surface area contributed by atoms with Gasteiger partial charge in [0.2, 0.25) is 0 Å². The van der Waals surface area contributed by atoms with E-state index in [1.54, 1.807) is 0 Å². The molecule has 0 fully saturated rings. The normalized spacial score (nSPS) is 11.8. The highest BCUT2D eigenvalue weighted by molar-refractivity contribution is 6.29. The number of fused-ring (bicyclic) bond motifs is 9. The Morgan fingerprint density at radius 1 is 0.328 bits per heavy atom. The largest absolute Gasteiger partial charge is 0.309 e. The predicted molar refractivity (Wildman–Crippen MR) is 242 cm³/mol. The van der Waals surface area contributed by atoms with Crippen LogP contribution in [0.25, 0.3) is 110 Å². The molecule has 0 aliphatic heterocycles. The highest BCUT2D eigenvalue weighted by atomic mass is 15.0. The molecule has 0 spiro atoms. The average molecular weight is 739 g/mol. The van der Waals surface area contributed by atoms with E-state index in [1.807, 2.05) is 0 Å². The molecule has 3 aromatic heterocycles. The molecule has 0 unspecified atom stereocenters. The topological polar surface area (TPSA) is 35.6 Å². The molecule has 0 aliphatic carbocycles. The number of para-hydroxylation sites is 4. The van der Waals surface area contributed by atoms with Crippen LogP contribution >= 0.6 is 0 Å². The van der Waals surface area contributed by atoms with Gasteiger partial charge < -0.3 is 9.13 Å². The molecule has 0 atom stereocenters. The molecule has 0 saturated carbocycles. The quantitative estimate of drug-likeness (QED) is 0.176. The second kappa shape index (κ2) is 12.9. The predicted octanol–water partition coefficient (Wildman–Crippen LogP) is 14.0. The monoisotopic (exact) mass is 738 g/mol. The molecule has 0 bridgehead atoms. The lowest BCUT2D eigenvalue weighted by Gasteiger charge is -2.16. The van der Waals surface area contributed by atoms with E-state index in [4.69, 9.17) is 9.97 Å². The van der Waals surface area contributed by atoms with Crippen molar-refractivity contribution in [2.45, 2.75) is 0 Å². The fourth-order valence-electron chi connectivity index (χ4n) is 9.13. The second-order valence-corrected chi connectivity index (χ2v) is 15.0. The second-order valence-electron chi connectivity index (χ2n) is 15.0. The van der Waals surface area contributed by atoms with E-state index in [1.165, 1.54) is 43.4 Å². The number of hydrogen-bond acceptors (Lipinski definition) is 2. The Bertz CT molecular complexity index is 3560. The van der Waals surface area contributed by atoms with Crippen LogP contribution in [0, 0.1) is 0 Å². The van der Waals surface area contributed by atoms with Crippen molar-refractivity contribution in [2.75, 3.05) is 0 Å². The van der Waals surface area contributed by atoms with E-state index in [0.29, 0.717) is 5.82 Å². The summed E-state index contributed by atoms with van der Waals surface area (Å²) >= 11 is 0. The Morgan fingerprint density at radius 3 is 1.64 bits per heavy atom. The van der Waals surface area contributed by atoms with Gasteiger partial charge in [0.15, 0.2) is 5.82 Å². The number of benzene rings is 9. The standard InChI is InChI=1S/C54H34N4/c1-3-16-36(17-4-1)45-34-40(29-30-41(45)54-55-46-24-12-9-21-42(46)53(56-54)38-28-27-35-15-7-8-18-37(35)33-38)58-48-26-14-11-23-44(48)52-50(58)32-31-49-51(52)43-22-10-13-25-47(43)57(49)39-19-5-2-6-20-39/h1-34H. The first-order valence-corrected chi connectivity index (χ1v) is 19.8. The highest BCUT2D eigenvalue weighted by Gasteiger charge is 2.22. The summed E-state index contributed by atoms with van der Waals surface area (Å²) in [6, 6.07) is 73.7. The highest BCUT2D eigenvalue weighted by Crippen LogP contribution is 2.43. The SMILES string of the molecule is c1ccc(-c2cc(-n3c4ccccc4c4c5c6ccccc6n(-c6ccccc6)c5ccc43)ccc2-c2nc(-c3ccc4ccccc4c3)c3ccccc3n2)cc1. The van der Waals surface area contributed by atoms with E-state index in [2.05, 4.69) is 215 Å². The van der Waals surface area contributed by atoms with Crippen molar-refractivity contribution < 1.29 is 0 Å². The first-order chi connectivity index (χ1) is 28.8. The van der Waals surface area contributed by atoms with Gasteiger partial charge in [0.05, 0.1) is 33.3 Å². The maximum Gasteiger partial charge on any atom is 0.161 e. The van der Waals surface area contributed by atoms with Crippen LogP contribution in [0.4, 0.5) is 0 Å². The van der Waals surface area contributed by atoms with Crippen molar-refractivity contribution in [3.63, 3.8) is 0 Å². The number of hydrogen-bond donors (Lipinski definition) is 0. The van der Waals surface area contributed by atoms with E-state index in [0.717, 1.165) is 61.3 Å². The first-order valence-electron chi connectivity index (χ1n) is 19.8. The van der Waals surface area contributed by atoms with Gasteiger partial charge in [-0.25, -0.2) is 9.97 Å². The Morgan fingerprint density at radius 2 is 0.914 bits per heavy atom. The van der Waals surface area contributed by atoms with E-state index < -0.39 is 0 Å². The average Bonchev–Trinajstić information content (AvgIpc) is 3.82. The molecule has 4 nitrogen and oxygen atoms in total. The minimum Gasteiger partial charge on any atom is -0.309 e. The van der Waals surface area contributed by atoms with Gasteiger partial charge in [-0.2, -0.15) is 0 Å². The zero-order valence-electron chi connectivity index (χ0n) is 31.4. The minimum absolute atomic E-state index is 0.699. The van der Waals surface area contributed by atoms with Crippen LogP contribution in [0.2, 0.25) is 0 Å². The van der Waals surface area contributed by atoms with Gasteiger partial charge in [0.25, 0.3) is 0 Å². The van der Waals surface area contributed by atoms with Crippen molar-refractivity contribution in [2.24, 2.45) is 0 Å². The van der Waals surface area contributed by atoms with Gasteiger partial charge in [-0.15, -0.1) is 0 Å². The van der Waals surface area contributed by atoms with Crippen molar-refractivity contribution in [1.82, 2.24) is 19.1 Å². The fourth-order valence-corrected chi connectivity index (χ4v) is 9.13. The van der Waals surface area contributed by atoms with Crippen molar-refractivity contribution in [3.05, 3.63) is 206 Å². The summed E-state index contributed by atoms with van der Waals surface area (Å²) in [6.45, 7) is 0. The summed E-state index contributed by atoms with van der Waals surface area (Å²) in [5, 5.41) is 8.41. The molecular formula is C54H34N4. The Kier molecular flexibility index (Phi) is 7.20. The van der Waals surface area contributed by atoms with Gasteiger partial charge in [0.1, 0.15) is 0 Å². The van der Waals surface area contributed by atoms with Crippen LogP contribution < -0.4 is 0 Å². The van der Waals surface area contributed by atoms with Crippen molar-refractivity contribution >= 4 is 65.3 Å². The Balaban J connectivity index is 1.11. The Labute approximate surface area is 334 Å². The zero-order chi connectivity index (χ0) is 38.2. The molecule has 0 amide bonds. The molecular weight excluding hydrogens is 705 g/mol. The number of nitrogens with zero attached hydrogens (tertiary/aromatic N) is 4. The molecule has 3 heterocycles. The third-order valence-electron chi connectivity index (χ3n) is 11.7. The fraction of sp³-hybridized carbons (Fsp3) is 0. The molecule has 0 saturated heterocycles. The third-order valence-corrected chi connectivity index (χ3v) is 11.7. The van der Waals surface area contributed by atoms with E-state index in [-0.39, 0.29) is 0 Å². The summed E-state index contributed by atoms with van der Waals surface area (Å²) < 4.78 is 4.82. The lowest BCUT2D eigenvalue weighted by atomic mass is 9.97. The molecule has 12 rings (SSSR count). The Hall–Kier alpha value is -7.82. The maximum atomic E-state index is 5.40. The molecule has 12 aromatic rings. The minimum atomic E-state index is 0.699. The summed E-state index contributed by atoms with van der Waals surface area (Å²) in [5.74, 6) is 0.699. The maximum absolute atomic E-state index is 5.40. The van der Waals surface area contributed by atoms with Crippen molar-refractivity contribution in [1.29, 1.82) is 0 Å². The smallest absolute Gasteiger partial charge is 0.161 e. The first kappa shape index (κ1) is 32.4. The molecule has 9 aromatic carbocycles. The molecule has 58 heavy (non-hydrogen) atoms. The van der Waals surface area contributed by atoms with Gasteiger partial charge in [-0.05, 0) is 88.6 Å². The van der Waals surface area contributed by atoms with Crippen LogP contribution in [0.15, 0.2) is 206 Å². The van der Waals surface area contributed by atoms with Crippen molar-refractivity contribution in [3.8, 4) is 45.1 Å². The van der Waals surface area contributed by atoms with Crippen LogP contribution in [0.1, 0.15) is 0 Å². The molecule has 0 radical (unpaired) electrons. The molecule has 0 N–H and O–H groups in total. The summed E-state index contributed by atoms with van der Waals surface area (Å²) in [4.78, 5) is 10.6. The number of rotatable bonds is 5. The van der Waals surface area contributed by atoms with Gasteiger partial charge in [0, 0.05) is 49.4 Å². The molecule has 4 heteroatoms. The van der Waals surface area contributed by atoms with E-state index >= 15 is 0 Å². The van der Waals surface area contributed by atoms with E-state index in [9.17, 15) is 0 Å². The van der Waals surface area contributed by atoms with Crippen LogP contribution in [-0.2, 0) is 0 Å². The summed E-state index contributed by atoms with van der Waals surface area (Å²) in [7, 11) is 0. The van der Waals surface area contributed by atoms with Gasteiger partial charge in [-0.1, -0.05) is 140 Å². The van der Waals surface area contributed by atoms with Gasteiger partial charge in [-0.3, -0.25) is 0 Å². The van der Waals surface area contributed by atoms with Crippen LogP contribution in [0.3, 0.4) is 0 Å². The molecule has 0 aliphatic rings. The summed E-state index contributed by atoms with van der Waals surface area (Å²) in [5.41, 5.74) is 13.0. The molecule has 270 valence electrons. The third kappa shape index (κ3) is 4.95. The van der Waals surface area contributed by atoms with Crippen LogP contribution in [-0.4, -0.2) is 19.1 Å². The zero-order valence-corrected chi connectivity index (χ0v) is 31.4. The van der Waals surface area contributed by atoms with Gasteiger partial charge >= 0.3 is 0 Å². The number of aromatic nitrogens is 4. The van der Waals surface area contributed by atoms with Crippen LogP contribution in [0.5, 0.6) is 0 Å². The lowest BCUT2D eigenvalue weighted by Crippen LogP contribution is -1.99. The summed E-state index contributed by atoms with van der Waals surface area (Å²) in [6.07, 6.45) is 0.